The average Bonchev–Trinajstić information content (AvgIpc) is 2.16. The van der Waals surface area contributed by atoms with Gasteiger partial charge in [-0.3, -0.25) is 9.59 Å². The largest absolute Gasteiger partial charge is 0.480 e. The lowest BCUT2D eigenvalue weighted by Crippen LogP contribution is -2.38. The van der Waals surface area contributed by atoms with E-state index in [1.807, 2.05) is 0 Å². The van der Waals surface area contributed by atoms with Gasteiger partial charge in [-0.2, -0.15) is 0 Å². The van der Waals surface area contributed by atoms with Crippen molar-refractivity contribution in [3.05, 3.63) is 34.1 Å². The molecule has 0 unspecified atom stereocenters. The standard InChI is InChI=1S/C10H9BrFNO3/c1-5(10(15)16)13-9(14)7-3-2-6(11)4-8(7)12/h2-5H,1H3,(H,13,14)(H,15,16)/t5-/m0/s1. The molecule has 0 aromatic heterocycles. The van der Waals surface area contributed by atoms with Gasteiger partial charge in [0.2, 0.25) is 0 Å². The van der Waals surface area contributed by atoms with Crippen LogP contribution in [0.25, 0.3) is 0 Å². The molecule has 2 N–H and O–H groups in total. The molecule has 1 aromatic carbocycles. The SMILES string of the molecule is C[C@H](NC(=O)c1ccc(Br)cc1F)C(=O)O. The van der Waals surface area contributed by atoms with Crippen LogP contribution >= 0.6 is 15.9 Å². The second-order valence-electron chi connectivity index (χ2n) is 3.16. The van der Waals surface area contributed by atoms with E-state index in [0.717, 1.165) is 6.07 Å². The highest BCUT2D eigenvalue weighted by molar-refractivity contribution is 9.10. The van der Waals surface area contributed by atoms with Crippen molar-refractivity contribution < 1.29 is 19.1 Å². The molecule has 1 rings (SSSR count). The van der Waals surface area contributed by atoms with E-state index in [1.54, 1.807) is 0 Å². The van der Waals surface area contributed by atoms with Gasteiger partial charge in [-0.15, -0.1) is 0 Å². The van der Waals surface area contributed by atoms with Crippen LogP contribution in [-0.2, 0) is 4.79 Å². The van der Waals surface area contributed by atoms with Crippen molar-refractivity contribution >= 4 is 27.8 Å². The molecule has 0 radical (unpaired) electrons. The van der Waals surface area contributed by atoms with E-state index in [9.17, 15) is 14.0 Å². The van der Waals surface area contributed by atoms with Gasteiger partial charge >= 0.3 is 5.97 Å². The molecule has 0 aliphatic heterocycles. The maximum Gasteiger partial charge on any atom is 0.325 e. The minimum absolute atomic E-state index is 0.184. The lowest BCUT2D eigenvalue weighted by Gasteiger charge is -2.09. The Bertz CT molecular complexity index is 436. The fourth-order valence-corrected chi connectivity index (χ4v) is 1.34. The van der Waals surface area contributed by atoms with E-state index in [4.69, 9.17) is 5.11 Å². The maximum absolute atomic E-state index is 13.3. The van der Waals surface area contributed by atoms with Gasteiger partial charge in [0.25, 0.3) is 5.91 Å². The van der Waals surface area contributed by atoms with E-state index in [1.165, 1.54) is 19.1 Å². The van der Waals surface area contributed by atoms with Crippen molar-refractivity contribution in [1.29, 1.82) is 0 Å². The highest BCUT2D eigenvalue weighted by Gasteiger charge is 2.17. The van der Waals surface area contributed by atoms with E-state index in [0.29, 0.717) is 4.47 Å². The molecule has 0 fully saturated rings. The Hall–Kier alpha value is -1.43. The zero-order chi connectivity index (χ0) is 12.3. The zero-order valence-corrected chi connectivity index (χ0v) is 9.92. The summed E-state index contributed by atoms with van der Waals surface area (Å²) in [5.74, 6) is -2.63. The number of carbonyl (C=O) groups is 2. The third-order valence-electron chi connectivity index (χ3n) is 1.89. The molecule has 0 aliphatic rings. The van der Waals surface area contributed by atoms with Crippen LogP contribution in [0.2, 0.25) is 0 Å². The number of hydrogen-bond acceptors (Lipinski definition) is 2. The number of carboxylic acid groups (broad SMARTS) is 1. The minimum Gasteiger partial charge on any atom is -0.480 e. The molecule has 1 aromatic rings. The van der Waals surface area contributed by atoms with Crippen LogP contribution in [0, 0.1) is 5.82 Å². The molecule has 6 heteroatoms. The maximum atomic E-state index is 13.3. The summed E-state index contributed by atoms with van der Waals surface area (Å²) in [6.07, 6.45) is 0. The van der Waals surface area contributed by atoms with Gasteiger partial charge in [-0.1, -0.05) is 15.9 Å². The fraction of sp³-hybridized carbons (Fsp3) is 0.200. The molecule has 0 spiro atoms. The summed E-state index contributed by atoms with van der Waals surface area (Å²) in [4.78, 5) is 22.0. The molecule has 0 bridgehead atoms. The number of halogens is 2. The molecule has 0 heterocycles. The smallest absolute Gasteiger partial charge is 0.325 e. The van der Waals surface area contributed by atoms with Crippen LogP contribution < -0.4 is 5.32 Å². The molecular weight excluding hydrogens is 281 g/mol. The number of hydrogen-bond donors (Lipinski definition) is 2. The Balaban J connectivity index is 2.85. The fourth-order valence-electron chi connectivity index (χ4n) is 1.01. The van der Waals surface area contributed by atoms with Crippen molar-refractivity contribution in [3.8, 4) is 0 Å². The van der Waals surface area contributed by atoms with Crippen molar-refractivity contribution in [2.45, 2.75) is 13.0 Å². The molecule has 1 atom stereocenters. The topological polar surface area (TPSA) is 66.4 Å². The summed E-state index contributed by atoms with van der Waals surface area (Å²) in [6.45, 7) is 1.30. The Labute approximate surface area is 99.6 Å². The number of nitrogens with one attached hydrogen (secondary N) is 1. The number of aliphatic carboxylic acids is 1. The third-order valence-corrected chi connectivity index (χ3v) is 2.39. The van der Waals surface area contributed by atoms with E-state index in [2.05, 4.69) is 21.2 Å². The predicted molar refractivity (Wildman–Crippen MR) is 58.7 cm³/mol. The quantitative estimate of drug-likeness (QED) is 0.892. The number of carboxylic acids is 1. The molecule has 1 amide bonds. The van der Waals surface area contributed by atoms with Crippen LogP contribution in [0.4, 0.5) is 4.39 Å². The highest BCUT2D eigenvalue weighted by atomic mass is 79.9. The minimum atomic E-state index is -1.18. The number of carbonyl (C=O) groups excluding carboxylic acids is 1. The van der Waals surface area contributed by atoms with E-state index < -0.39 is 23.7 Å². The number of rotatable bonds is 3. The summed E-state index contributed by atoms with van der Waals surface area (Å²) < 4.78 is 13.8. The van der Waals surface area contributed by atoms with Gasteiger partial charge in [0, 0.05) is 4.47 Å². The van der Waals surface area contributed by atoms with Crippen LogP contribution in [0.1, 0.15) is 17.3 Å². The van der Waals surface area contributed by atoms with Gasteiger partial charge in [0.15, 0.2) is 0 Å². The highest BCUT2D eigenvalue weighted by Crippen LogP contribution is 2.15. The number of benzene rings is 1. The van der Waals surface area contributed by atoms with Crippen molar-refractivity contribution in [2.75, 3.05) is 0 Å². The van der Waals surface area contributed by atoms with E-state index >= 15 is 0 Å². The van der Waals surface area contributed by atoms with Crippen LogP contribution in [0.3, 0.4) is 0 Å². The molecule has 0 saturated carbocycles. The second-order valence-corrected chi connectivity index (χ2v) is 4.07. The molecule has 16 heavy (non-hydrogen) atoms. The summed E-state index contributed by atoms with van der Waals surface area (Å²) in [5, 5.41) is 10.7. The monoisotopic (exact) mass is 289 g/mol. The Morgan fingerprint density at radius 1 is 1.50 bits per heavy atom. The first-order valence-corrected chi connectivity index (χ1v) is 5.20. The molecule has 86 valence electrons. The first kappa shape index (κ1) is 12.6. The van der Waals surface area contributed by atoms with Crippen molar-refractivity contribution in [3.63, 3.8) is 0 Å². The van der Waals surface area contributed by atoms with Gasteiger partial charge in [0.05, 0.1) is 5.56 Å². The lowest BCUT2D eigenvalue weighted by molar-refractivity contribution is -0.138. The Morgan fingerprint density at radius 2 is 2.12 bits per heavy atom. The Kier molecular flexibility index (Phi) is 4.00. The van der Waals surface area contributed by atoms with Crippen molar-refractivity contribution in [1.82, 2.24) is 5.32 Å². The summed E-state index contributed by atoms with van der Waals surface area (Å²) in [7, 11) is 0. The van der Waals surface area contributed by atoms with Crippen LogP contribution in [0.15, 0.2) is 22.7 Å². The predicted octanol–water partition coefficient (Wildman–Crippen LogP) is 1.79. The second kappa shape index (κ2) is 5.07. The normalized spacial score (nSPS) is 11.9. The molecule has 4 nitrogen and oxygen atoms in total. The lowest BCUT2D eigenvalue weighted by atomic mass is 10.2. The Morgan fingerprint density at radius 3 is 2.62 bits per heavy atom. The molecular formula is C10H9BrFNO3. The van der Waals surface area contributed by atoms with Crippen molar-refractivity contribution in [2.24, 2.45) is 0 Å². The van der Waals surface area contributed by atoms with Gasteiger partial charge in [-0.05, 0) is 25.1 Å². The summed E-state index contributed by atoms with van der Waals surface area (Å²) in [6, 6.07) is 2.86. The third kappa shape index (κ3) is 3.03. The van der Waals surface area contributed by atoms with Crippen LogP contribution in [-0.4, -0.2) is 23.0 Å². The first-order valence-electron chi connectivity index (χ1n) is 4.40. The zero-order valence-electron chi connectivity index (χ0n) is 8.33. The first-order chi connectivity index (χ1) is 7.41. The van der Waals surface area contributed by atoms with Gasteiger partial charge < -0.3 is 10.4 Å². The molecule has 0 aliphatic carbocycles. The molecule has 0 saturated heterocycles. The summed E-state index contributed by atoms with van der Waals surface area (Å²) in [5.41, 5.74) is -0.184. The van der Waals surface area contributed by atoms with Crippen LogP contribution in [0.5, 0.6) is 0 Å². The summed E-state index contributed by atoms with van der Waals surface area (Å²) >= 11 is 3.05. The van der Waals surface area contributed by atoms with Gasteiger partial charge in [-0.25, -0.2) is 4.39 Å². The average molecular weight is 290 g/mol. The van der Waals surface area contributed by atoms with Gasteiger partial charge in [0.1, 0.15) is 11.9 Å². The number of amides is 1. The van der Waals surface area contributed by atoms with E-state index in [-0.39, 0.29) is 5.56 Å².